The van der Waals surface area contributed by atoms with Crippen LogP contribution in [0.1, 0.15) is 0 Å². The summed E-state index contributed by atoms with van der Waals surface area (Å²) >= 11 is 0. The van der Waals surface area contributed by atoms with E-state index in [-0.39, 0.29) is 4.86 Å². The van der Waals surface area contributed by atoms with E-state index in [9.17, 15) is 5.21 Å². The summed E-state index contributed by atoms with van der Waals surface area (Å²) in [5.74, 6) is 0. The van der Waals surface area contributed by atoms with Crippen molar-refractivity contribution in [2.45, 2.75) is 0 Å². The fourth-order valence-electron chi connectivity index (χ4n) is 1.46. The maximum Gasteiger partial charge on any atom is 0.248 e. The number of hydrogen-bond acceptors (Lipinski definition) is 2. The molecule has 0 saturated carbocycles. The quantitative estimate of drug-likeness (QED) is 0.473. The minimum Gasteiger partial charge on any atom is -0.592 e. The van der Waals surface area contributed by atoms with Crippen LogP contribution in [0.3, 0.4) is 0 Å². The molecule has 2 rings (SSSR count). The molecule has 16 heavy (non-hydrogen) atoms. The zero-order valence-corrected chi connectivity index (χ0v) is 8.45. The van der Waals surface area contributed by atoms with Gasteiger partial charge in [0, 0.05) is 12.1 Å². The lowest BCUT2D eigenvalue weighted by atomic mass is 10.1. The first-order chi connectivity index (χ1) is 7.81. The Morgan fingerprint density at radius 3 is 2.00 bits per heavy atom. The molecular weight excluding hydrogens is 204 g/mol. The van der Waals surface area contributed by atoms with Crippen LogP contribution < -0.4 is 0 Å². The van der Waals surface area contributed by atoms with Gasteiger partial charge in [-0.05, 0) is 28.1 Å². The minimum atomic E-state index is 0.161. The van der Waals surface area contributed by atoms with Gasteiger partial charge in [-0.2, -0.15) is 0 Å². The molecule has 2 aromatic carbocycles. The van der Waals surface area contributed by atoms with Gasteiger partial charge in [0.25, 0.3) is 0 Å². The Morgan fingerprint density at radius 2 is 1.44 bits per heavy atom. The molecule has 0 aromatic heterocycles. The molecule has 0 spiro atoms. The van der Waals surface area contributed by atoms with E-state index in [0.29, 0.717) is 5.69 Å². The molecule has 2 aromatic rings. The third-order valence-corrected chi connectivity index (χ3v) is 2.28. The van der Waals surface area contributed by atoms with Gasteiger partial charge in [-0.3, -0.25) is 0 Å². The predicted molar refractivity (Wildman–Crippen MR) is 59.4 cm³/mol. The van der Waals surface area contributed by atoms with E-state index in [1.807, 2.05) is 30.3 Å². The maximum atomic E-state index is 11.0. The number of nitrogens with zero attached hydrogens (tertiary/aromatic N) is 2. The first kappa shape index (κ1) is 10.2. The van der Waals surface area contributed by atoms with Crippen molar-refractivity contribution in [3.8, 4) is 11.1 Å². The summed E-state index contributed by atoms with van der Waals surface area (Å²) in [7, 11) is 0. The highest BCUT2D eigenvalue weighted by atomic mass is 16.6. The van der Waals surface area contributed by atoms with Gasteiger partial charge >= 0.3 is 0 Å². The zero-order valence-electron chi connectivity index (χ0n) is 8.45. The Hall–Kier alpha value is -2.36. The van der Waals surface area contributed by atoms with Gasteiger partial charge in [0.15, 0.2) is 0 Å². The molecule has 4 nitrogen and oxygen atoms in total. The van der Waals surface area contributed by atoms with Gasteiger partial charge in [-0.1, -0.05) is 30.3 Å². The van der Waals surface area contributed by atoms with Gasteiger partial charge in [0.1, 0.15) is 0 Å². The lowest BCUT2D eigenvalue weighted by molar-refractivity contribution is -0.473. The van der Waals surface area contributed by atoms with E-state index in [1.165, 1.54) is 0 Å². The summed E-state index contributed by atoms with van der Waals surface area (Å²) < 4.78 is 0. The van der Waals surface area contributed by atoms with Crippen LogP contribution >= 0.6 is 0 Å². The van der Waals surface area contributed by atoms with E-state index in [2.05, 4.69) is 5.28 Å². The highest BCUT2D eigenvalue weighted by Gasteiger charge is 2.03. The molecule has 0 saturated heterocycles. The molecule has 1 N–H and O–H groups in total. The number of hydrogen-bond donors (Lipinski definition) is 1. The summed E-state index contributed by atoms with van der Waals surface area (Å²) in [5.41, 5.74) is 2.38. The van der Waals surface area contributed by atoms with Crippen LogP contribution in [-0.2, 0) is 0 Å². The van der Waals surface area contributed by atoms with Crippen LogP contribution in [0, 0.1) is 5.21 Å². The Labute approximate surface area is 92.6 Å². The molecule has 0 bridgehead atoms. The van der Waals surface area contributed by atoms with Crippen molar-refractivity contribution in [1.29, 1.82) is 0 Å². The fraction of sp³-hybridized carbons (Fsp3) is 0. The van der Waals surface area contributed by atoms with E-state index in [4.69, 9.17) is 5.21 Å². The lowest BCUT2D eigenvalue weighted by Crippen LogP contribution is -1.89. The van der Waals surface area contributed by atoms with Gasteiger partial charge in [-0.25, -0.2) is 0 Å². The fourth-order valence-corrected chi connectivity index (χ4v) is 1.46. The lowest BCUT2D eigenvalue weighted by Gasteiger charge is -2.01. The summed E-state index contributed by atoms with van der Waals surface area (Å²) in [6, 6.07) is 16.6. The first-order valence-electron chi connectivity index (χ1n) is 4.79. The SMILES string of the molecule is [O-]/[N+](=N\O)c1ccc(-c2ccccc2)cc1. The van der Waals surface area contributed by atoms with Crippen molar-refractivity contribution in [3.05, 3.63) is 59.8 Å². The van der Waals surface area contributed by atoms with Crippen LogP contribution in [0.2, 0.25) is 0 Å². The van der Waals surface area contributed by atoms with E-state index < -0.39 is 0 Å². The summed E-state index contributed by atoms with van der Waals surface area (Å²) in [6.45, 7) is 0. The van der Waals surface area contributed by atoms with Crippen molar-refractivity contribution < 1.29 is 10.1 Å². The summed E-state index contributed by atoms with van der Waals surface area (Å²) in [4.78, 5) is 0.161. The third kappa shape index (κ3) is 2.00. The monoisotopic (exact) mass is 214 g/mol. The summed E-state index contributed by atoms with van der Waals surface area (Å²) in [5, 5.41) is 21.8. The Morgan fingerprint density at radius 1 is 0.875 bits per heavy atom. The molecule has 0 aliphatic carbocycles. The third-order valence-electron chi connectivity index (χ3n) is 2.28. The van der Waals surface area contributed by atoms with Crippen molar-refractivity contribution in [1.82, 2.24) is 0 Å². The van der Waals surface area contributed by atoms with Crippen LogP contribution in [0.5, 0.6) is 0 Å². The second kappa shape index (κ2) is 4.44. The molecule has 0 radical (unpaired) electrons. The molecule has 0 fully saturated rings. The average molecular weight is 214 g/mol. The molecule has 0 heterocycles. The second-order valence-corrected chi connectivity index (χ2v) is 3.28. The topological polar surface area (TPSA) is 58.7 Å². The molecule has 0 atom stereocenters. The average Bonchev–Trinajstić information content (AvgIpc) is 2.39. The summed E-state index contributed by atoms with van der Waals surface area (Å²) in [6.07, 6.45) is 0. The minimum absolute atomic E-state index is 0.161. The van der Waals surface area contributed by atoms with Crippen molar-refractivity contribution in [3.63, 3.8) is 0 Å². The van der Waals surface area contributed by atoms with Crippen molar-refractivity contribution >= 4 is 5.69 Å². The van der Waals surface area contributed by atoms with Crippen LogP contribution in [0.4, 0.5) is 5.69 Å². The predicted octanol–water partition coefficient (Wildman–Crippen LogP) is 3.34. The Balaban J connectivity index is 2.34. The van der Waals surface area contributed by atoms with Crippen molar-refractivity contribution in [2.75, 3.05) is 0 Å². The van der Waals surface area contributed by atoms with Crippen LogP contribution in [-0.4, -0.2) is 10.1 Å². The van der Waals surface area contributed by atoms with Gasteiger partial charge in [-0.15, -0.1) is 0 Å². The number of rotatable bonds is 2. The molecular formula is C12H10N2O2. The highest BCUT2D eigenvalue weighted by Crippen LogP contribution is 2.21. The van der Waals surface area contributed by atoms with Crippen LogP contribution in [0.25, 0.3) is 11.1 Å². The van der Waals surface area contributed by atoms with E-state index >= 15 is 0 Å². The molecule has 0 aliphatic heterocycles. The maximum absolute atomic E-state index is 11.0. The van der Waals surface area contributed by atoms with E-state index in [0.717, 1.165) is 11.1 Å². The normalized spacial score (nSPS) is 11.4. The van der Waals surface area contributed by atoms with E-state index in [1.54, 1.807) is 24.3 Å². The first-order valence-corrected chi connectivity index (χ1v) is 4.79. The smallest absolute Gasteiger partial charge is 0.248 e. The molecule has 0 amide bonds. The Bertz CT molecular complexity index is 492. The zero-order chi connectivity index (χ0) is 11.4. The second-order valence-electron chi connectivity index (χ2n) is 3.28. The van der Waals surface area contributed by atoms with Crippen molar-refractivity contribution in [2.24, 2.45) is 5.28 Å². The standard InChI is InChI=1S/C12H10N2O2/c15-13-14(16)12-8-6-11(7-9-12)10-4-2-1-3-5-10/h1-9,15H/b14-13-. The largest absolute Gasteiger partial charge is 0.592 e. The number of benzene rings is 2. The van der Waals surface area contributed by atoms with Gasteiger partial charge < -0.3 is 10.4 Å². The van der Waals surface area contributed by atoms with Crippen LogP contribution in [0.15, 0.2) is 59.9 Å². The van der Waals surface area contributed by atoms with Gasteiger partial charge in [0.2, 0.25) is 11.0 Å². The Kier molecular flexibility index (Phi) is 2.82. The molecule has 4 heteroatoms. The molecule has 0 unspecified atom stereocenters. The molecule has 0 aliphatic rings. The highest BCUT2D eigenvalue weighted by molar-refractivity contribution is 5.64. The van der Waals surface area contributed by atoms with Gasteiger partial charge in [0.05, 0.1) is 0 Å². The molecule has 80 valence electrons.